The Morgan fingerprint density at radius 1 is 1.32 bits per heavy atom. The fourth-order valence-electron chi connectivity index (χ4n) is 2.03. The van der Waals surface area contributed by atoms with Crippen LogP contribution in [0.3, 0.4) is 0 Å². The molecule has 0 saturated heterocycles. The van der Waals surface area contributed by atoms with Crippen molar-refractivity contribution < 1.29 is 4.79 Å². The Hall–Kier alpha value is -2.87. The van der Waals surface area contributed by atoms with Gasteiger partial charge in [-0.25, -0.2) is 4.98 Å². The molecule has 2 rings (SSSR count). The first-order chi connectivity index (χ1) is 10.5. The summed E-state index contributed by atoms with van der Waals surface area (Å²) in [4.78, 5) is 18.1. The number of aromatic nitrogens is 1. The molecule has 1 aromatic heterocycles. The third kappa shape index (κ3) is 3.83. The molecule has 0 spiro atoms. The molecule has 0 radical (unpaired) electrons. The number of nitrogens with one attached hydrogen (secondary N) is 1. The standard InChI is InChI=1S/C17H18N4O/c1-12-4-5-13(2)15(8-12)20-17(22)11-21(3)16-7-6-14(9-18)10-19-16/h4-8,10H,11H2,1-3H3,(H,20,22). The topological polar surface area (TPSA) is 69.0 Å². The lowest BCUT2D eigenvalue weighted by molar-refractivity contribution is -0.114. The molecule has 1 aromatic carbocycles. The Kier molecular flexibility index (Phi) is 4.74. The molecule has 0 fully saturated rings. The van der Waals surface area contributed by atoms with Crippen LogP contribution in [0.4, 0.5) is 11.5 Å². The molecular formula is C17H18N4O. The van der Waals surface area contributed by atoms with Gasteiger partial charge in [0.15, 0.2) is 0 Å². The van der Waals surface area contributed by atoms with Crippen molar-refractivity contribution >= 4 is 17.4 Å². The van der Waals surface area contributed by atoms with E-state index in [4.69, 9.17) is 5.26 Å². The molecule has 0 unspecified atom stereocenters. The summed E-state index contributed by atoms with van der Waals surface area (Å²) >= 11 is 0. The number of carbonyl (C=O) groups is 1. The predicted octanol–water partition coefficient (Wildman–Crippen LogP) is 2.65. The summed E-state index contributed by atoms with van der Waals surface area (Å²) in [5, 5.41) is 11.7. The summed E-state index contributed by atoms with van der Waals surface area (Å²) in [7, 11) is 1.79. The zero-order chi connectivity index (χ0) is 16.1. The normalized spacial score (nSPS) is 9.91. The molecule has 0 bridgehead atoms. The van der Waals surface area contributed by atoms with Gasteiger partial charge in [-0.2, -0.15) is 5.26 Å². The Morgan fingerprint density at radius 3 is 2.73 bits per heavy atom. The monoisotopic (exact) mass is 294 g/mol. The molecule has 0 aliphatic heterocycles. The van der Waals surface area contributed by atoms with E-state index >= 15 is 0 Å². The Balaban J connectivity index is 2.01. The maximum Gasteiger partial charge on any atom is 0.243 e. The number of pyridine rings is 1. The Labute approximate surface area is 130 Å². The zero-order valence-electron chi connectivity index (χ0n) is 12.9. The minimum atomic E-state index is -0.109. The van der Waals surface area contributed by atoms with Gasteiger partial charge in [-0.3, -0.25) is 4.79 Å². The number of benzene rings is 1. The molecule has 112 valence electrons. The molecule has 0 aliphatic carbocycles. The van der Waals surface area contributed by atoms with Gasteiger partial charge in [-0.1, -0.05) is 12.1 Å². The van der Waals surface area contributed by atoms with E-state index in [1.165, 1.54) is 6.20 Å². The lowest BCUT2D eigenvalue weighted by Crippen LogP contribution is -2.30. The van der Waals surface area contributed by atoms with E-state index in [-0.39, 0.29) is 12.5 Å². The van der Waals surface area contributed by atoms with Crippen molar-refractivity contribution in [3.8, 4) is 6.07 Å². The van der Waals surface area contributed by atoms with E-state index in [1.807, 2.05) is 38.1 Å². The molecule has 5 nitrogen and oxygen atoms in total. The summed E-state index contributed by atoms with van der Waals surface area (Å²) in [6, 6.07) is 11.4. The van der Waals surface area contributed by atoms with Crippen LogP contribution in [-0.4, -0.2) is 24.5 Å². The number of anilines is 2. The van der Waals surface area contributed by atoms with Crippen molar-refractivity contribution in [1.82, 2.24) is 4.98 Å². The van der Waals surface area contributed by atoms with Gasteiger partial charge >= 0.3 is 0 Å². The number of likely N-dealkylation sites (N-methyl/N-ethyl adjacent to an activating group) is 1. The zero-order valence-corrected chi connectivity index (χ0v) is 12.9. The van der Waals surface area contributed by atoms with Crippen LogP contribution in [0.2, 0.25) is 0 Å². The average molecular weight is 294 g/mol. The fourth-order valence-corrected chi connectivity index (χ4v) is 2.03. The largest absolute Gasteiger partial charge is 0.350 e. The molecule has 1 N–H and O–H groups in total. The smallest absolute Gasteiger partial charge is 0.243 e. The first kappa shape index (κ1) is 15.5. The van der Waals surface area contributed by atoms with Crippen LogP contribution in [-0.2, 0) is 4.79 Å². The van der Waals surface area contributed by atoms with E-state index < -0.39 is 0 Å². The second-order valence-corrected chi connectivity index (χ2v) is 5.24. The number of nitriles is 1. The van der Waals surface area contributed by atoms with Gasteiger partial charge in [0.2, 0.25) is 5.91 Å². The Bertz CT molecular complexity index is 716. The summed E-state index contributed by atoms with van der Waals surface area (Å²) in [5.74, 6) is 0.539. The van der Waals surface area contributed by atoms with Gasteiger partial charge < -0.3 is 10.2 Å². The number of rotatable bonds is 4. The minimum absolute atomic E-state index is 0.109. The van der Waals surface area contributed by atoms with Crippen LogP contribution >= 0.6 is 0 Å². The first-order valence-corrected chi connectivity index (χ1v) is 6.94. The number of amides is 1. The van der Waals surface area contributed by atoms with Crippen LogP contribution in [0.5, 0.6) is 0 Å². The molecule has 22 heavy (non-hydrogen) atoms. The number of aryl methyl sites for hydroxylation is 2. The minimum Gasteiger partial charge on any atom is -0.350 e. The molecule has 5 heteroatoms. The first-order valence-electron chi connectivity index (χ1n) is 6.94. The van der Waals surface area contributed by atoms with Crippen molar-refractivity contribution in [2.75, 3.05) is 23.8 Å². The van der Waals surface area contributed by atoms with Crippen molar-refractivity contribution in [2.24, 2.45) is 0 Å². The highest BCUT2D eigenvalue weighted by Gasteiger charge is 2.10. The Morgan fingerprint density at radius 2 is 2.09 bits per heavy atom. The van der Waals surface area contributed by atoms with Gasteiger partial charge in [0.1, 0.15) is 11.9 Å². The van der Waals surface area contributed by atoms with Crippen molar-refractivity contribution in [2.45, 2.75) is 13.8 Å². The SMILES string of the molecule is Cc1ccc(C)c(NC(=O)CN(C)c2ccc(C#N)cn2)c1. The van der Waals surface area contributed by atoms with Gasteiger partial charge in [0, 0.05) is 18.9 Å². The summed E-state index contributed by atoms with van der Waals surface area (Å²) in [5.41, 5.74) is 3.45. The maximum absolute atomic E-state index is 12.1. The van der Waals surface area contributed by atoms with Crippen LogP contribution in [0.25, 0.3) is 0 Å². The molecule has 1 heterocycles. The fraction of sp³-hybridized carbons (Fsp3) is 0.235. The summed E-state index contributed by atoms with van der Waals surface area (Å²) in [6.07, 6.45) is 1.49. The second kappa shape index (κ2) is 6.72. The second-order valence-electron chi connectivity index (χ2n) is 5.24. The highest BCUT2D eigenvalue weighted by molar-refractivity contribution is 5.94. The highest BCUT2D eigenvalue weighted by atomic mass is 16.2. The van der Waals surface area contributed by atoms with Crippen molar-refractivity contribution in [1.29, 1.82) is 5.26 Å². The van der Waals surface area contributed by atoms with Gasteiger partial charge in [-0.15, -0.1) is 0 Å². The highest BCUT2D eigenvalue weighted by Crippen LogP contribution is 2.16. The lowest BCUT2D eigenvalue weighted by Gasteiger charge is -2.18. The van der Waals surface area contributed by atoms with Crippen LogP contribution < -0.4 is 10.2 Å². The van der Waals surface area contributed by atoms with Gasteiger partial charge in [-0.05, 0) is 43.2 Å². The average Bonchev–Trinajstić information content (AvgIpc) is 2.51. The van der Waals surface area contributed by atoms with E-state index in [1.54, 1.807) is 24.1 Å². The number of carbonyl (C=O) groups excluding carboxylic acids is 1. The number of nitrogens with zero attached hydrogens (tertiary/aromatic N) is 3. The van der Waals surface area contributed by atoms with E-state index in [0.29, 0.717) is 11.4 Å². The van der Waals surface area contributed by atoms with Crippen molar-refractivity contribution in [3.63, 3.8) is 0 Å². The number of hydrogen-bond donors (Lipinski definition) is 1. The molecule has 2 aromatic rings. The van der Waals surface area contributed by atoms with Gasteiger partial charge in [0.05, 0.1) is 12.1 Å². The van der Waals surface area contributed by atoms with E-state index in [9.17, 15) is 4.79 Å². The van der Waals surface area contributed by atoms with Crippen LogP contribution in [0, 0.1) is 25.2 Å². The molecule has 0 atom stereocenters. The predicted molar refractivity (Wildman–Crippen MR) is 86.8 cm³/mol. The van der Waals surface area contributed by atoms with E-state index in [2.05, 4.69) is 10.3 Å². The lowest BCUT2D eigenvalue weighted by atomic mass is 10.1. The van der Waals surface area contributed by atoms with Crippen LogP contribution in [0.1, 0.15) is 16.7 Å². The summed E-state index contributed by atoms with van der Waals surface area (Å²) < 4.78 is 0. The summed E-state index contributed by atoms with van der Waals surface area (Å²) in [6.45, 7) is 4.13. The quantitative estimate of drug-likeness (QED) is 0.941. The van der Waals surface area contributed by atoms with E-state index in [0.717, 1.165) is 16.8 Å². The third-order valence-electron chi connectivity index (χ3n) is 3.32. The van der Waals surface area contributed by atoms with Crippen molar-refractivity contribution in [3.05, 3.63) is 53.2 Å². The molecular weight excluding hydrogens is 276 g/mol. The number of hydrogen-bond acceptors (Lipinski definition) is 4. The maximum atomic E-state index is 12.1. The molecule has 0 aliphatic rings. The molecule has 0 saturated carbocycles. The molecule has 1 amide bonds. The third-order valence-corrected chi connectivity index (χ3v) is 3.32. The van der Waals surface area contributed by atoms with Crippen LogP contribution in [0.15, 0.2) is 36.5 Å². The van der Waals surface area contributed by atoms with Gasteiger partial charge in [0.25, 0.3) is 0 Å².